The van der Waals surface area contributed by atoms with E-state index in [2.05, 4.69) is 35.9 Å². The fraction of sp³-hybridized carbons (Fsp3) is 0.619. The average Bonchev–Trinajstić information content (AvgIpc) is 2.64. The maximum atomic E-state index is 13.1. The van der Waals surface area contributed by atoms with Crippen molar-refractivity contribution in [1.82, 2.24) is 15.1 Å². The highest BCUT2D eigenvalue weighted by molar-refractivity contribution is 7.80. The largest absolute Gasteiger partial charge is 0.368 e. The number of nitrogens with zero attached hydrogens (tertiary/aromatic N) is 3. The molecule has 1 atom stereocenters. The molecule has 5 nitrogen and oxygen atoms in total. The van der Waals surface area contributed by atoms with Crippen molar-refractivity contribution in [3.05, 3.63) is 30.1 Å². The Kier molecular flexibility index (Phi) is 6.43. The first-order chi connectivity index (χ1) is 13.2. The van der Waals surface area contributed by atoms with Gasteiger partial charge in [-0.1, -0.05) is 0 Å². The minimum Gasteiger partial charge on any atom is -0.368 e. The van der Waals surface area contributed by atoms with E-state index in [0.717, 1.165) is 43.3 Å². The number of amides is 1. The summed E-state index contributed by atoms with van der Waals surface area (Å²) in [4.78, 5) is 18.9. The SMILES string of the molecule is C[C@@H]1CC(C)(C)NC(=S)N1CCCC(=O)N1CCN(c2ccc(F)cc2)CC1. The van der Waals surface area contributed by atoms with E-state index < -0.39 is 0 Å². The van der Waals surface area contributed by atoms with E-state index in [1.807, 2.05) is 4.90 Å². The Bertz CT molecular complexity index is 701. The lowest BCUT2D eigenvalue weighted by molar-refractivity contribution is -0.131. The molecule has 154 valence electrons. The smallest absolute Gasteiger partial charge is 0.222 e. The molecule has 1 aromatic rings. The quantitative estimate of drug-likeness (QED) is 0.761. The molecule has 1 aromatic carbocycles. The van der Waals surface area contributed by atoms with Crippen LogP contribution in [0.4, 0.5) is 10.1 Å². The molecule has 0 aliphatic carbocycles. The fourth-order valence-electron chi connectivity index (χ4n) is 4.21. The van der Waals surface area contributed by atoms with E-state index in [-0.39, 0.29) is 17.3 Å². The fourth-order valence-corrected chi connectivity index (χ4v) is 4.76. The Labute approximate surface area is 172 Å². The molecule has 0 saturated carbocycles. The summed E-state index contributed by atoms with van der Waals surface area (Å²) in [6, 6.07) is 6.94. The minimum atomic E-state index is -0.223. The Hall–Kier alpha value is -1.89. The third-order valence-corrected chi connectivity index (χ3v) is 5.99. The number of hydrogen-bond acceptors (Lipinski definition) is 3. The number of piperazine rings is 1. The second kappa shape index (κ2) is 8.64. The van der Waals surface area contributed by atoms with Crippen LogP contribution in [0.3, 0.4) is 0 Å². The van der Waals surface area contributed by atoms with Crippen LogP contribution in [0.5, 0.6) is 0 Å². The Morgan fingerprint density at radius 3 is 2.46 bits per heavy atom. The van der Waals surface area contributed by atoms with Gasteiger partial charge in [-0.15, -0.1) is 0 Å². The van der Waals surface area contributed by atoms with Crippen LogP contribution in [0.2, 0.25) is 0 Å². The summed E-state index contributed by atoms with van der Waals surface area (Å²) < 4.78 is 13.1. The van der Waals surface area contributed by atoms with E-state index in [1.165, 1.54) is 12.1 Å². The van der Waals surface area contributed by atoms with E-state index in [4.69, 9.17) is 12.2 Å². The van der Waals surface area contributed by atoms with Crippen molar-refractivity contribution in [3.63, 3.8) is 0 Å². The van der Waals surface area contributed by atoms with Crippen molar-refractivity contribution in [2.45, 2.75) is 51.6 Å². The number of benzene rings is 1. The molecule has 2 saturated heterocycles. The van der Waals surface area contributed by atoms with Crippen molar-refractivity contribution in [2.24, 2.45) is 0 Å². The first-order valence-corrected chi connectivity index (χ1v) is 10.5. The lowest BCUT2D eigenvalue weighted by Gasteiger charge is -2.45. The Morgan fingerprint density at radius 2 is 1.86 bits per heavy atom. The highest BCUT2D eigenvalue weighted by atomic mass is 32.1. The topological polar surface area (TPSA) is 38.8 Å². The van der Waals surface area contributed by atoms with Crippen molar-refractivity contribution >= 4 is 28.9 Å². The van der Waals surface area contributed by atoms with Gasteiger partial charge < -0.3 is 20.0 Å². The highest BCUT2D eigenvalue weighted by Crippen LogP contribution is 2.22. The third kappa shape index (κ3) is 5.13. The molecule has 0 unspecified atom stereocenters. The van der Waals surface area contributed by atoms with Crippen LogP contribution in [-0.4, -0.2) is 65.1 Å². The number of carbonyl (C=O) groups is 1. The highest BCUT2D eigenvalue weighted by Gasteiger charge is 2.32. The van der Waals surface area contributed by atoms with Crippen molar-refractivity contribution in [2.75, 3.05) is 37.6 Å². The average molecular weight is 407 g/mol. The number of nitrogens with one attached hydrogen (secondary N) is 1. The number of hydrogen-bond donors (Lipinski definition) is 1. The Morgan fingerprint density at radius 1 is 1.21 bits per heavy atom. The minimum absolute atomic E-state index is 0.0347. The molecule has 7 heteroatoms. The summed E-state index contributed by atoms with van der Waals surface area (Å²) in [6.45, 7) is 10.3. The first kappa shape index (κ1) is 20.8. The summed E-state index contributed by atoms with van der Waals surface area (Å²) in [5.74, 6) is -0.0125. The molecule has 2 aliphatic rings. The molecule has 1 amide bonds. The maximum Gasteiger partial charge on any atom is 0.222 e. The van der Waals surface area contributed by atoms with Gasteiger partial charge in [0.15, 0.2) is 5.11 Å². The second-order valence-electron chi connectivity index (χ2n) is 8.51. The van der Waals surface area contributed by atoms with Gasteiger partial charge in [0.1, 0.15) is 5.82 Å². The summed E-state index contributed by atoms with van der Waals surface area (Å²) in [6.07, 6.45) is 2.39. The number of halogens is 1. The summed E-state index contributed by atoms with van der Waals surface area (Å²) >= 11 is 5.52. The molecule has 3 rings (SSSR count). The molecule has 0 spiro atoms. The lowest BCUT2D eigenvalue weighted by atomic mass is 9.93. The van der Waals surface area contributed by atoms with Crippen molar-refractivity contribution < 1.29 is 9.18 Å². The zero-order valence-corrected chi connectivity index (χ0v) is 17.9. The molecule has 2 fully saturated rings. The van der Waals surface area contributed by atoms with Gasteiger partial charge in [-0.3, -0.25) is 4.79 Å². The van der Waals surface area contributed by atoms with Crippen LogP contribution < -0.4 is 10.2 Å². The van der Waals surface area contributed by atoms with Crippen LogP contribution in [0.15, 0.2) is 24.3 Å². The van der Waals surface area contributed by atoms with E-state index in [1.54, 1.807) is 12.1 Å². The van der Waals surface area contributed by atoms with Gasteiger partial charge in [0, 0.05) is 56.4 Å². The number of thiocarbonyl (C=S) groups is 1. The molecule has 0 aromatic heterocycles. The summed E-state index contributed by atoms with van der Waals surface area (Å²) in [5, 5.41) is 4.19. The van der Waals surface area contributed by atoms with E-state index in [9.17, 15) is 9.18 Å². The summed E-state index contributed by atoms with van der Waals surface area (Å²) in [5.41, 5.74) is 1.05. The maximum absolute atomic E-state index is 13.1. The van der Waals surface area contributed by atoms with Crippen LogP contribution >= 0.6 is 12.2 Å². The lowest BCUT2D eigenvalue weighted by Crippen LogP contribution is -2.60. The molecule has 1 N–H and O–H groups in total. The third-order valence-electron chi connectivity index (χ3n) is 5.66. The predicted octanol–water partition coefficient (Wildman–Crippen LogP) is 3.00. The monoisotopic (exact) mass is 406 g/mol. The normalized spacial score (nSPS) is 22.2. The Balaban J connectivity index is 1.41. The number of anilines is 1. The van der Waals surface area contributed by atoms with Gasteiger partial charge in [0.25, 0.3) is 0 Å². The van der Waals surface area contributed by atoms with E-state index >= 15 is 0 Å². The van der Waals surface area contributed by atoms with Crippen molar-refractivity contribution in [1.29, 1.82) is 0 Å². The molecular weight excluding hydrogens is 375 g/mol. The van der Waals surface area contributed by atoms with Gasteiger partial charge in [-0.05, 0) is 70.1 Å². The molecule has 2 heterocycles. The first-order valence-electron chi connectivity index (χ1n) is 10.1. The molecule has 0 radical (unpaired) electrons. The molecule has 2 aliphatic heterocycles. The standard InChI is InChI=1S/C21H31FN4OS/c1-16-15-21(2,3)23-20(28)26(16)10-4-5-19(27)25-13-11-24(12-14-25)18-8-6-17(22)7-9-18/h6-9,16H,4-5,10-15H2,1-3H3,(H,23,28)/t16-/m1/s1. The van der Waals surface area contributed by atoms with Crippen molar-refractivity contribution in [3.8, 4) is 0 Å². The van der Waals surface area contributed by atoms with Gasteiger partial charge in [-0.2, -0.15) is 0 Å². The predicted molar refractivity (Wildman–Crippen MR) is 115 cm³/mol. The number of rotatable bonds is 5. The zero-order chi connectivity index (χ0) is 20.3. The van der Waals surface area contributed by atoms with E-state index in [0.29, 0.717) is 25.6 Å². The van der Waals surface area contributed by atoms with Gasteiger partial charge in [-0.25, -0.2) is 4.39 Å². The summed E-state index contributed by atoms with van der Waals surface area (Å²) in [7, 11) is 0. The van der Waals surface area contributed by atoms with Crippen LogP contribution in [-0.2, 0) is 4.79 Å². The van der Waals surface area contributed by atoms with Gasteiger partial charge in [0.2, 0.25) is 5.91 Å². The van der Waals surface area contributed by atoms with Crippen LogP contribution in [0, 0.1) is 5.82 Å². The molecule has 28 heavy (non-hydrogen) atoms. The molecule has 0 bridgehead atoms. The molecular formula is C21H31FN4OS. The second-order valence-corrected chi connectivity index (χ2v) is 8.90. The van der Waals surface area contributed by atoms with Gasteiger partial charge in [0.05, 0.1) is 0 Å². The van der Waals surface area contributed by atoms with Gasteiger partial charge >= 0.3 is 0 Å². The van der Waals surface area contributed by atoms with Crippen LogP contribution in [0.1, 0.15) is 40.0 Å². The van der Waals surface area contributed by atoms with Crippen LogP contribution in [0.25, 0.3) is 0 Å². The number of carbonyl (C=O) groups excluding carboxylic acids is 1. The zero-order valence-electron chi connectivity index (χ0n) is 17.1.